The lowest BCUT2D eigenvalue weighted by atomic mass is 9.92. The third-order valence-corrected chi connectivity index (χ3v) is 8.08. The maximum absolute atomic E-state index is 13.4. The van der Waals surface area contributed by atoms with Crippen molar-refractivity contribution in [3.63, 3.8) is 0 Å². The molecule has 3 aromatic rings. The highest BCUT2D eigenvalue weighted by atomic mass is 32.2. The lowest BCUT2D eigenvalue weighted by molar-refractivity contribution is 0.246. The van der Waals surface area contributed by atoms with Crippen molar-refractivity contribution in [1.82, 2.24) is 14.5 Å². The molecule has 1 aromatic heterocycles. The Kier molecular flexibility index (Phi) is 4.48. The molecule has 0 radical (unpaired) electrons. The van der Waals surface area contributed by atoms with Crippen molar-refractivity contribution in [2.75, 3.05) is 13.1 Å². The number of sulfonamides is 1. The number of nitrogens with zero attached hydrogens (tertiary/aromatic N) is 3. The first-order valence-corrected chi connectivity index (χ1v) is 11.2. The van der Waals surface area contributed by atoms with E-state index >= 15 is 0 Å². The van der Waals surface area contributed by atoms with Gasteiger partial charge in [-0.15, -0.1) is 10.2 Å². The predicted molar refractivity (Wildman–Crippen MR) is 104 cm³/mol. The Balaban J connectivity index is 1.27. The van der Waals surface area contributed by atoms with Crippen LogP contribution < -0.4 is 0 Å². The van der Waals surface area contributed by atoms with Crippen LogP contribution in [0.3, 0.4) is 0 Å². The molecule has 5 rings (SSSR count). The Hall–Kier alpha value is -2.65. The SMILES string of the molecule is O=S(=O)(c1ccc(F)cc1)N1CCC2(CC1)C[C@H]2c1nnc(-c2cccc(F)c2)o1. The zero-order valence-electron chi connectivity index (χ0n) is 16.0. The molecule has 30 heavy (non-hydrogen) atoms. The van der Waals surface area contributed by atoms with E-state index in [1.807, 2.05) is 0 Å². The number of aromatic nitrogens is 2. The molecule has 2 heterocycles. The molecule has 2 aromatic carbocycles. The topological polar surface area (TPSA) is 76.3 Å². The first-order valence-electron chi connectivity index (χ1n) is 9.72. The van der Waals surface area contributed by atoms with Gasteiger partial charge in [0.25, 0.3) is 0 Å². The minimum atomic E-state index is -3.64. The van der Waals surface area contributed by atoms with Gasteiger partial charge in [0.1, 0.15) is 11.6 Å². The molecule has 1 aliphatic carbocycles. The van der Waals surface area contributed by atoms with E-state index in [4.69, 9.17) is 4.42 Å². The van der Waals surface area contributed by atoms with Crippen molar-refractivity contribution in [2.45, 2.75) is 30.1 Å². The van der Waals surface area contributed by atoms with Gasteiger partial charge >= 0.3 is 0 Å². The Bertz CT molecular complexity index is 1190. The van der Waals surface area contributed by atoms with Crippen LogP contribution in [0.15, 0.2) is 57.8 Å². The average molecular weight is 431 g/mol. The lowest BCUT2D eigenvalue weighted by Gasteiger charge is -2.31. The van der Waals surface area contributed by atoms with E-state index in [0.717, 1.165) is 18.6 Å². The van der Waals surface area contributed by atoms with Crippen LogP contribution >= 0.6 is 0 Å². The maximum atomic E-state index is 13.4. The van der Waals surface area contributed by atoms with E-state index in [1.54, 1.807) is 12.1 Å². The van der Waals surface area contributed by atoms with E-state index in [-0.39, 0.29) is 27.9 Å². The fourth-order valence-corrected chi connectivity index (χ4v) is 5.73. The van der Waals surface area contributed by atoms with Crippen LogP contribution in [0.25, 0.3) is 11.5 Å². The van der Waals surface area contributed by atoms with Crippen molar-refractivity contribution in [2.24, 2.45) is 5.41 Å². The number of hydrogen-bond donors (Lipinski definition) is 0. The fraction of sp³-hybridized carbons (Fsp3) is 0.333. The molecule has 1 saturated carbocycles. The highest BCUT2D eigenvalue weighted by Gasteiger charge is 2.58. The molecule has 6 nitrogen and oxygen atoms in total. The number of hydrogen-bond acceptors (Lipinski definition) is 5. The third kappa shape index (κ3) is 3.31. The normalized spacial score (nSPS) is 21.1. The van der Waals surface area contributed by atoms with Gasteiger partial charge in [-0.25, -0.2) is 17.2 Å². The molecule has 9 heteroatoms. The Morgan fingerprint density at radius 3 is 2.43 bits per heavy atom. The van der Waals surface area contributed by atoms with Gasteiger partial charge < -0.3 is 4.42 Å². The third-order valence-electron chi connectivity index (χ3n) is 6.17. The predicted octanol–water partition coefficient (Wildman–Crippen LogP) is 3.97. The van der Waals surface area contributed by atoms with Gasteiger partial charge in [-0.3, -0.25) is 0 Å². The van der Waals surface area contributed by atoms with Gasteiger partial charge in [0.2, 0.25) is 21.8 Å². The smallest absolute Gasteiger partial charge is 0.247 e. The lowest BCUT2D eigenvalue weighted by Crippen LogP contribution is -2.39. The largest absolute Gasteiger partial charge is 0.420 e. The Labute approximate surface area is 172 Å². The van der Waals surface area contributed by atoms with Gasteiger partial charge in [-0.1, -0.05) is 6.07 Å². The number of halogens is 2. The van der Waals surface area contributed by atoms with Gasteiger partial charge in [0.05, 0.1) is 4.90 Å². The second kappa shape index (κ2) is 6.95. The van der Waals surface area contributed by atoms with Crippen molar-refractivity contribution < 1.29 is 21.6 Å². The van der Waals surface area contributed by atoms with E-state index in [9.17, 15) is 17.2 Å². The van der Waals surface area contributed by atoms with E-state index in [0.29, 0.717) is 37.4 Å². The molecule has 1 spiro atoms. The monoisotopic (exact) mass is 431 g/mol. The van der Waals surface area contributed by atoms with Gasteiger partial charge in [-0.05, 0) is 67.1 Å². The number of rotatable bonds is 4. The number of piperidine rings is 1. The zero-order chi connectivity index (χ0) is 20.9. The van der Waals surface area contributed by atoms with Gasteiger partial charge in [-0.2, -0.15) is 4.31 Å². The summed E-state index contributed by atoms with van der Waals surface area (Å²) in [4.78, 5) is 0.101. The Morgan fingerprint density at radius 1 is 1.00 bits per heavy atom. The van der Waals surface area contributed by atoms with Crippen LogP contribution in [-0.4, -0.2) is 36.0 Å². The first kappa shape index (κ1) is 19.3. The van der Waals surface area contributed by atoms with E-state index in [2.05, 4.69) is 10.2 Å². The van der Waals surface area contributed by atoms with Crippen LogP contribution in [0.5, 0.6) is 0 Å². The molecule has 2 fully saturated rings. The first-order chi connectivity index (χ1) is 14.4. The van der Waals surface area contributed by atoms with Crippen molar-refractivity contribution in [3.05, 3.63) is 66.1 Å². The summed E-state index contributed by atoms with van der Waals surface area (Å²) in [7, 11) is -3.64. The summed E-state index contributed by atoms with van der Waals surface area (Å²) in [5, 5.41) is 8.20. The summed E-state index contributed by atoms with van der Waals surface area (Å²) >= 11 is 0. The molecule has 156 valence electrons. The molecule has 1 aliphatic heterocycles. The molecule has 0 bridgehead atoms. The highest BCUT2D eigenvalue weighted by molar-refractivity contribution is 7.89. The molecule has 1 saturated heterocycles. The van der Waals surface area contributed by atoms with Gasteiger partial charge in [0.15, 0.2) is 0 Å². The summed E-state index contributed by atoms with van der Waals surface area (Å²) in [6, 6.07) is 10.9. The number of benzene rings is 2. The minimum Gasteiger partial charge on any atom is -0.420 e. The molecular weight excluding hydrogens is 412 g/mol. The second-order valence-electron chi connectivity index (χ2n) is 7.93. The maximum Gasteiger partial charge on any atom is 0.247 e. The van der Waals surface area contributed by atoms with Crippen LogP contribution in [-0.2, 0) is 10.0 Å². The van der Waals surface area contributed by atoms with E-state index in [1.165, 1.54) is 28.6 Å². The quantitative estimate of drug-likeness (QED) is 0.625. The molecular formula is C21H19F2N3O3S. The summed E-state index contributed by atoms with van der Waals surface area (Å²) in [6.45, 7) is 0.780. The zero-order valence-corrected chi connectivity index (χ0v) is 16.8. The van der Waals surface area contributed by atoms with Crippen LogP contribution in [0.1, 0.15) is 31.1 Å². The standard InChI is InChI=1S/C21H19F2N3O3S/c22-15-4-6-17(7-5-15)30(27,28)26-10-8-21(9-11-26)13-18(21)20-25-24-19(29-20)14-2-1-3-16(23)12-14/h1-7,12,18H,8-11,13H2/t18-/m0/s1. The molecule has 0 amide bonds. The van der Waals surface area contributed by atoms with E-state index < -0.39 is 15.8 Å². The molecule has 1 atom stereocenters. The fourth-order valence-electron chi connectivity index (χ4n) is 4.29. The highest BCUT2D eigenvalue weighted by Crippen LogP contribution is 2.64. The molecule has 0 unspecified atom stereocenters. The average Bonchev–Trinajstić information content (AvgIpc) is 3.20. The van der Waals surface area contributed by atoms with Crippen LogP contribution in [0.4, 0.5) is 8.78 Å². The summed E-state index contributed by atoms with van der Waals surface area (Å²) in [5.74, 6) is 0.0457. The summed E-state index contributed by atoms with van der Waals surface area (Å²) in [5.41, 5.74) is 0.490. The Morgan fingerprint density at radius 2 is 1.73 bits per heavy atom. The van der Waals surface area contributed by atoms with Crippen molar-refractivity contribution in [3.8, 4) is 11.5 Å². The van der Waals surface area contributed by atoms with Crippen molar-refractivity contribution in [1.29, 1.82) is 0 Å². The summed E-state index contributed by atoms with van der Waals surface area (Å²) < 4.78 is 59.4. The molecule has 0 N–H and O–H groups in total. The van der Waals surface area contributed by atoms with Gasteiger partial charge in [0, 0.05) is 24.6 Å². The minimum absolute atomic E-state index is 0.0411. The van der Waals surface area contributed by atoms with Crippen LogP contribution in [0.2, 0.25) is 0 Å². The van der Waals surface area contributed by atoms with Crippen molar-refractivity contribution >= 4 is 10.0 Å². The van der Waals surface area contributed by atoms with Crippen LogP contribution in [0, 0.1) is 17.0 Å². The summed E-state index contributed by atoms with van der Waals surface area (Å²) in [6.07, 6.45) is 2.24. The second-order valence-corrected chi connectivity index (χ2v) is 9.87. The molecule has 2 aliphatic rings.